The van der Waals surface area contributed by atoms with E-state index < -0.39 is 18.2 Å². The van der Waals surface area contributed by atoms with E-state index in [0.717, 1.165) is 24.6 Å². The number of rotatable bonds is 13. The Morgan fingerprint density at radius 1 is 1.11 bits per heavy atom. The molecule has 0 saturated carbocycles. The average Bonchev–Trinajstić information content (AvgIpc) is 3.29. The van der Waals surface area contributed by atoms with Crippen molar-refractivity contribution >= 4 is 29.5 Å². The summed E-state index contributed by atoms with van der Waals surface area (Å²) >= 11 is 1.07. The van der Waals surface area contributed by atoms with Crippen molar-refractivity contribution < 1.29 is 28.5 Å². The fourth-order valence-corrected chi connectivity index (χ4v) is 3.95. The second kappa shape index (κ2) is 13.9. The molecule has 0 radical (unpaired) electrons. The smallest absolute Gasteiger partial charge is 0.347 e. The second-order valence-electron chi connectivity index (χ2n) is 10.2. The highest BCUT2D eigenvalue weighted by molar-refractivity contribution is 6.99. The van der Waals surface area contributed by atoms with Crippen molar-refractivity contribution in [3.8, 4) is 5.88 Å². The van der Waals surface area contributed by atoms with Crippen molar-refractivity contribution in [2.24, 2.45) is 11.8 Å². The van der Waals surface area contributed by atoms with E-state index in [1.54, 1.807) is 0 Å². The number of ether oxygens (including phenoxy) is 4. The Balaban J connectivity index is 1.96. The second-order valence-corrected chi connectivity index (χ2v) is 10.8. The standard InChI is InChI=1S/C24H42N4O6S/c1-8-16(2)13-17(3)22(29)33-18(4)23(30)34-19(14-25-24(5,6)7)15-32-21-20(26-35-27-21)28-9-11-31-12-10-28/h16-19,25H,8-15H2,1-7H3/t16?,17?,18-,19-/m0/s1. The van der Waals surface area contributed by atoms with Crippen molar-refractivity contribution in [3.05, 3.63) is 0 Å². The van der Waals surface area contributed by atoms with Crippen LogP contribution in [-0.2, 0) is 23.8 Å². The minimum absolute atomic E-state index is 0.0860. The van der Waals surface area contributed by atoms with E-state index in [-0.39, 0.29) is 24.0 Å². The molecule has 1 aliphatic heterocycles. The summed E-state index contributed by atoms with van der Waals surface area (Å²) in [4.78, 5) is 27.3. The Morgan fingerprint density at radius 3 is 2.43 bits per heavy atom. The maximum absolute atomic E-state index is 12.8. The quantitative estimate of drug-likeness (QED) is 0.394. The van der Waals surface area contributed by atoms with E-state index in [4.69, 9.17) is 18.9 Å². The van der Waals surface area contributed by atoms with Crippen molar-refractivity contribution in [2.45, 2.75) is 79.1 Å². The highest BCUT2D eigenvalue weighted by Gasteiger charge is 2.28. The molecule has 0 amide bonds. The SMILES string of the molecule is CCC(C)CC(C)C(=O)O[C@@H](C)C(=O)O[C@@H](CNC(C)(C)C)COc1nsnc1N1CCOCC1. The average molecular weight is 515 g/mol. The van der Waals surface area contributed by atoms with Crippen LogP contribution in [0.4, 0.5) is 5.82 Å². The lowest BCUT2D eigenvalue weighted by molar-refractivity contribution is -0.173. The molecule has 1 N–H and O–H groups in total. The molecule has 1 fully saturated rings. The molecule has 1 aliphatic rings. The lowest BCUT2D eigenvalue weighted by atomic mass is 9.95. The van der Waals surface area contributed by atoms with Crippen LogP contribution in [0.25, 0.3) is 0 Å². The molecule has 1 aromatic heterocycles. The van der Waals surface area contributed by atoms with Crippen LogP contribution in [0.3, 0.4) is 0 Å². The van der Waals surface area contributed by atoms with Crippen LogP contribution in [0, 0.1) is 11.8 Å². The summed E-state index contributed by atoms with van der Waals surface area (Å²) < 4.78 is 31.1. The Morgan fingerprint density at radius 2 is 1.80 bits per heavy atom. The Labute approximate surface area is 213 Å². The van der Waals surface area contributed by atoms with E-state index >= 15 is 0 Å². The molecule has 0 bridgehead atoms. The van der Waals surface area contributed by atoms with Crippen LogP contribution >= 0.6 is 11.7 Å². The molecular weight excluding hydrogens is 472 g/mol. The maximum Gasteiger partial charge on any atom is 0.347 e. The fourth-order valence-electron chi connectivity index (χ4n) is 3.43. The number of morpholine rings is 1. The predicted molar refractivity (Wildman–Crippen MR) is 135 cm³/mol. The third-order valence-electron chi connectivity index (χ3n) is 5.78. The van der Waals surface area contributed by atoms with Gasteiger partial charge in [-0.2, -0.15) is 4.37 Å². The zero-order chi connectivity index (χ0) is 26.0. The first kappa shape index (κ1) is 29.3. The van der Waals surface area contributed by atoms with Gasteiger partial charge in [0.15, 0.2) is 6.10 Å². The number of carbonyl (C=O) groups is 2. The number of nitrogens with zero attached hydrogens (tertiary/aromatic N) is 3. The monoisotopic (exact) mass is 514 g/mol. The lowest BCUT2D eigenvalue weighted by Gasteiger charge is -2.28. The first-order chi connectivity index (χ1) is 16.5. The zero-order valence-electron chi connectivity index (χ0n) is 22.2. The van der Waals surface area contributed by atoms with Gasteiger partial charge in [-0.1, -0.05) is 27.2 Å². The third kappa shape index (κ3) is 10.3. The Hall–Kier alpha value is -1.98. The van der Waals surface area contributed by atoms with Crippen LogP contribution in [0.5, 0.6) is 5.88 Å². The molecule has 10 nitrogen and oxygen atoms in total. The summed E-state index contributed by atoms with van der Waals surface area (Å²) in [6.45, 7) is 16.7. The first-order valence-electron chi connectivity index (χ1n) is 12.4. The lowest BCUT2D eigenvalue weighted by Crippen LogP contribution is -2.45. The molecule has 35 heavy (non-hydrogen) atoms. The molecule has 4 atom stereocenters. The van der Waals surface area contributed by atoms with Crippen molar-refractivity contribution in [1.82, 2.24) is 14.1 Å². The van der Waals surface area contributed by atoms with E-state index in [0.29, 0.717) is 50.5 Å². The van der Waals surface area contributed by atoms with Gasteiger partial charge < -0.3 is 29.2 Å². The summed E-state index contributed by atoms with van der Waals surface area (Å²) in [5.41, 5.74) is -0.185. The molecular formula is C24H42N4O6S. The Bertz CT molecular complexity index is 793. The molecule has 2 unspecified atom stereocenters. The fraction of sp³-hybridized carbons (Fsp3) is 0.833. The van der Waals surface area contributed by atoms with Crippen LogP contribution < -0.4 is 15.0 Å². The van der Waals surface area contributed by atoms with Crippen molar-refractivity contribution in [1.29, 1.82) is 0 Å². The molecule has 1 aromatic rings. The van der Waals surface area contributed by atoms with Crippen molar-refractivity contribution in [2.75, 3.05) is 44.4 Å². The summed E-state index contributed by atoms with van der Waals surface area (Å²) in [6, 6.07) is 0. The highest BCUT2D eigenvalue weighted by Crippen LogP contribution is 2.26. The van der Waals surface area contributed by atoms with Crippen LogP contribution in [0.1, 0.15) is 61.3 Å². The molecule has 0 aromatic carbocycles. The third-order valence-corrected chi connectivity index (χ3v) is 6.28. The molecule has 11 heteroatoms. The molecule has 0 aliphatic carbocycles. The summed E-state index contributed by atoms with van der Waals surface area (Å²) in [5, 5.41) is 3.34. The van der Waals surface area contributed by atoms with Gasteiger partial charge in [0.1, 0.15) is 12.7 Å². The Kier molecular flexibility index (Phi) is 11.6. The molecule has 200 valence electrons. The van der Waals surface area contributed by atoms with Crippen LogP contribution in [-0.4, -0.2) is 77.9 Å². The number of anilines is 1. The van der Waals surface area contributed by atoms with Crippen LogP contribution in [0.2, 0.25) is 0 Å². The number of hydrogen-bond donors (Lipinski definition) is 1. The normalized spacial score (nSPS) is 17.9. The van der Waals surface area contributed by atoms with E-state index in [9.17, 15) is 9.59 Å². The van der Waals surface area contributed by atoms with Crippen molar-refractivity contribution in [3.63, 3.8) is 0 Å². The predicted octanol–water partition coefficient (Wildman–Crippen LogP) is 3.06. The van der Waals surface area contributed by atoms with E-state index in [1.165, 1.54) is 6.92 Å². The first-order valence-corrected chi connectivity index (χ1v) is 13.2. The summed E-state index contributed by atoms with van der Waals surface area (Å²) in [7, 11) is 0. The topological polar surface area (TPSA) is 112 Å². The van der Waals surface area contributed by atoms with Gasteiger partial charge in [0.05, 0.1) is 30.9 Å². The van der Waals surface area contributed by atoms with E-state index in [1.807, 2.05) is 27.7 Å². The number of carbonyl (C=O) groups excluding carboxylic acids is 2. The van der Waals surface area contributed by atoms with Gasteiger partial charge in [-0.25, -0.2) is 4.79 Å². The largest absolute Gasteiger partial charge is 0.470 e. The number of aromatic nitrogens is 2. The van der Waals surface area contributed by atoms with Gasteiger partial charge in [0.25, 0.3) is 5.88 Å². The summed E-state index contributed by atoms with van der Waals surface area (Å²) in [6.07, 6.45) is 0.0823. The van der Waals surface area contributed by atoms with Gasteiger partial charge >= 0.3 is 11.9 Å². The van der Waals surface area contributed by atoms with Gasteiger partial charge in [-0.3, -0.25) is 4.79 Å². The number of nitrogens with one attached hydrogen (secondary N) is 1. The minimum Gasteiger partial charge on any atom is -0.470 e. The molecule has 1 saturated heterocycles. The van der Waals surface area contributed by atoms with Gasteiger partial charge in [0.2, 0.25) is 5.82 Å². The van der Waals surface area contributed by atoms with Gasteiger partial charge in [-0.05, 0) is 40.0 Å². The number of hydrogen-bond acceptors (Lipinski definition) is 11. The molecule has 2 rings (SSSR count). The van der Waals surface area contributed by atoms with Crippen LogP contribution in [0.15, 0.2) is 0 Å². The molecule has 2 heterocycles. The minimum atomic E-state index is -1.01. The number of esters is 2. The van der Waals surface area contributed by atoms with E-state index in [2.05, 4.69) is 32.8 Å². The summed E-state index contributed by atoms with van der Waals surface area (Å²) in [5.74, 6) is 0.212. The van der Waals surface area contributed by atoms with Gasteiger partial charge in [0, 0.05) is 25.2 Å². The zero-order valence-corrected chi connectivity index (χ0v) is 23.0. The highest BCUT2D eigenvalue weighted by atomic mass is 32.1. The maximum atomic E-state index is 12.8. The van der Waals surface area contributed by atoms with Gasteiger partial charge in [-0.15, -0.1) is 4.37 Å². The molecule has 0 spiro atoms.